The molecule has 0 bridgehead atoms. The number of halogens is 1. The molecule has 2 aliphatic rings. The van der Waals surface area contributed by atoms with Gasteiger partial charge in [0.05, 0.1) is 32.9 Å². The normalized spacial score (nSPS) is 16.3. The zero-order valence-electron chi connectivity index (χ0n) is 26.6. The number of fused-ring (bicyclic) bond motifs is 6. The molecule has 1 aliphatic carbocycles. The molecule has 0 fully saturated rings. The van der Waals surface area contributed by atoms with Crippen molar-refractivity contribution in [3.63, 3.8) is 0 Å². The third-order valence-corrected chi connectivity index (χ3v) is 9.70. The third-order valence-electron chi connectivity index (χ3n) is 9.70. The number of Topliss-reactive ketones (excluding diaryl/α,β-unsaturated/α-hetero) is 1. The van der Waals surface area contributed by atoms with Crippen LogP contribution in [0.2, 0.25) is 0 Å². The number of carbonyl (C=O) groups is 2. The van der Waals surface area contributed by atoms with Crippen molar-refractivity contribution in [1.29, 1.82) is 0 Å². The van der Waals surface area contributed by atoms with Crippen LogP contribution in [0.3, 0.4) is 0 Å². The van der Waals surface area contributed by atoms with Gasteiger partial charge in [-0.1, -0.05) is 36.4 Å². The summed E-state index contributed by atoms with van der Waals surface area (Å²) in [6.07, 6.45) is 3.27. The van der Waals surface area contributed by atoms with Gasteiger partial charge in [0.15, 0.2) is 17.6 Å². The molecule has 2 atom stereocenters. The predicted octanol–water partition coefficient (Wildman–Crippen LogP) is 3.19. The first kappa shape index (κ1) is 31.5. The van der Waals surface area contributed by atoms with Gasteiger partial charge < -0.3 is 31.4 Å². The second-order valence-corrected chi connectivity index (χ2v) is 12.3. The van der Waals surface area contributed by atoms with Crippen molar-refractivity contribution in [3.8, 4) is 11.5 Å². The van der Waals surface area contributed by atoms with E-state index in [0.717, 1.165) is 40.0 Å². The van der Waals surface area contributed by atoms with E-state index in [-0.39, 0.29) is 41.1 Å². The van der Waals surface area contributed by atoms with Crippen LogP contribution in [0.4, 0.5) is 5.69 Å². The molecule has 0 N–H and O–H groups in total. The number of carbonyl (C=O) groups excluding carboxylic acids is 2. The number of amides is 1. The summed E-state index contributed by atoms with van der Waals surface area (Å²) in [5.41, 5.74) is 9.74. The van der Waals surface area contributed by atoms with Gasteiger partial charge >= 0.3 is 0 Å². The monoisotopic (exact) mass is 679 g/mol. The Morgan fingerprint density at radius 3 is 2.39 bits per heavy atom. The Hall–Kier alpha value is -4.43. The van der Waals surface area contributed by atoms with E-state index in [9.17, 15) is 9.59 Å². The Kier molecular flexibility index (Phi) is 8.75. The summed E-state index contributed by atoms with van der Waals surface area (Å²) >= 11 is 0. The van der Waals surface area contributed by atoms with Crippen LogP contribution in [0.1, 0.15) is 50.5 Å². The fourth-order valence-electron chi connectivity index (χ4n) is 7.28. The molecule has 4 aromatic carbocycles. The topological polar surface area (TPSA) is 64.7 Å². The number of hydrogen-bond donors (Lipinski definition) is 0. The lowest BCUT2D eigenvalue weighted by molar-refractivity contribution is -0.658. The molecule has 0 spiro atoms. The highest BCUT2D eigenvalue weighted by atomic mass is 79.9. The highest BCUT2D eigenvalue weighted by Gasteiger charge is 2.42. The molecule has 46 heavy (non-hydrogen) atoms. The summed E-state index contributed by atoms with van der Waals surface area (Å²) in [6, 6.07) is 26.3. The fourth-order valence-corrected chi connectivity index (χ4v) is 7.28. The van der Waals surface area contributed by atoms with Gasteiger partial charge in [0.2, 0.25) is 18.0 Å². The molecule has 7 nitrogen and oxygen atoms in total. The molecule has 5 aromatic rings. The minimum Gasteiger partial charge on any atom is -1.00 e. The summed E-state index contributed by atoms with van der Waals surface area (Å²) in [6.45, 7) is 5.54. The van der Waals surface area contributed by atoms with E-state index in [0.29, 0.717) is 36.7 Å². The molecule has 1 aromatic heterocycles. The molecule has 1 amide bonds. The van der Waals surface area contributed by atoms with Gasteiger partial charge in [-0.25, -0.2) is 9.13 Å². The number of anilines is 1. The highest BCUT2D eigenvalue weighted by molar-refractivity contribution is 5.97. The van der Waals surface area contributed by atoms with Crippen molar-refractivity contribution in [3.05, 3.63) is 119 Å². The van der Waals surface area contributed by atoms with Crippen molar-refractivity contribution < 1.29 is 40.6 Å². The van der Waals surface area contributed by atoms with Gasteiger partial charge in [0, 0.05) is 18.0 Å². The first-order chi connectivity index (χ1) is 21.9. The van der Waals surface area contributed by atoms with Crippen LogP contribution in [0.15, 0.2) is 85.2 Å². The zero-order chi connectivity index (χ0) is 31.2. The smallest absolute Gasteiger partial charge is 0.245 e. The van der Waals surface area contributed by atoms with E-state index in [2.05, 4.69) is 60.9 Å². The number of rotatable bonds is 8. The molecule has 8 heteroatoms. The molecule has 236 valence electrons. The number of nitrogens with zero attached hydrogens (tertiary/aromatic N) is 3. The van der Waals surface area contributed by atoms with Crippen LogP contribution in [0, 0.1) is 19.8 Å². The first-order valence-electron chi connectivity index (χ1n) is 15.6. The van der Waals surface area contributed by atoms with Crippen LogP contribution >= 0.6 is 0 Å². The number of para-hydroxylation sites is 1. The van der Waals surface area contributed by atoms with E-state index in [1.807, 2.05) is 27.9 Å². The Labute approximate surface area is 280 Å². The van der Waals surface area contributed by atoms with Gasteiger partial charge in [0.1, 0.15) is 11.5 Å². The van der Waals surface area contributed by atoms with E-state index in [4.69, 9.17) is 9.47 Å². The lowest BCUT2D eigenvalue weighted by Gasteiger charge is -2.38. The molecule has 0 saturated carbocycles. The van der Waals surface area contributed by atoms with Gasteiger partial charge in [0.25, 0.3) is 0 Å². The predicted molar refractivity (Wildman–Crippen MR) is 174 cm³/mol. The van der Waals surface area contributed by atoms with Crippen LogP contribution in [0.25, 0.3) is 11.0 Å². The Bertz CT molecular complexity index is 1950. The maximum absolute atomic E-state index is 14.1. The number of aromatic nitrogens is 2. The molecule has 0 unspecified atom stereocenters. The van der Waals surface area contributed by atoms with Crippen molar-refractivity contribution in [2.75, 3.05) is 25.7 Å². The van der Waals surface area contributed by atoms with Crippen LogP contribution in [0.5, 0.6) is 11.5 Å². The van der Waals surface area contributed by atoms with Crippen molar-refractivity contribution in [1.82, 2.24) is 4.57 Å². The number of ether oxygens (including phenoxy) is 2. The molecule has 7 rings (SSSR count). The molecule has 0 radical (unpaired) electrons. The second-order valence-electron chi connectivity index (χ2n) is 12.3. The van der Waals surface area contributed by atoms with E-state index < -0.39 is 0 Å². The maximum Gasteiger partial charge on any atom is 0.245 e. The number of imidazole rings is 1. The van der Waals surface area contributed by atoms with Gasteiger partial charge in [-0.15, -0.1) is 0 Å². The van der Waals surface area contributed by atoms with Gasteiger partial charge in [-0.2, -0.15) is 0 Å². The minimum atomic E-state index is 0. The number of aryl methyl sites for hydroxylation is 3. The Morgan fingerprint density at radius 1 is 0.891 bits per heavy atom. The Morgan fingerprint density at radius 2 is 1.63 bits per heavy atom. The number of hydrogen-bond acceptors (Lipinski definition) is 4. The number of ketones is 1. The molecular formula is C38H38BrN3O4. The van der Waals surface area contributed by atoms with Crippen LogP contribution < -0.4 is 35.9 Å². The summed E-state index contributed by atoms with van der Waals surface area (Å²) in [5, 5.41) is 0. The lowest BCUT2D eigenvalue weighted by Crippen LogP contribution is -3.00. The van der Waals surface area contributed by atoms with Gasteiger partial charge in [-0.05, 0) is 96.5 Å². The minimum absolute atomic E-state index is 0. The fraction of sp³-hybridized carbons (Fsp3) is 0.289. The van der Waals surface area contributed by atoms with Gasteiger partial charge in [-0.3, -0.25) is 9.59 Å². The van der Waals surface area contributed by atoms with Crippen molar-refractivity contribution in [2.24, 2.45) is 5.92 Å². The van der Waals surface area contributed by atoms with Crippen molar-refractivity contribution in [2.45, 2.75) is 45.7 Å². The summed E-state index contributed by atoms with van der Waals surface area (Å²) in [7, 11) is 3.29. The van der Waals surface area contributed by atoms with Crippen molar-refractivity contribution >= 4 is 28.4 Å². The number of benzene rings is 4. The molecule has 0 saturated heterocycles. The first-order valence-corrected chi connectivity index (χ1v) is 15.6. The lowest BCUT2D eigenvalue weighted by atomic mass is 9.81. The third kappa shape index (κ3) is 5.49. The summed E-state index contributed by atoms with van der Waals surface area (Å²) < 4.78 is 15.2. The highest BCUT2D eigenvalue weighted by Crippen LogP contribution is 2.51. The molecular weight excluding hydrogens is 642 g/mol. The standard InChI is InChI=1S/C38H38N3O4.BrH/c1-24-18-32-33(19-25(24)2)40(22-34(42)26-12-14-29(44-3)15-13-26)23-39(32)17-16-36(43)41-21-28-20-27-8-5-6-9-30(27)37(28)31-10-7-11-35(45-4)38(31)41;/h5-15,18-19,23,28,37H,16-17,20-22H2,1-4H3;1H/q+1;/p-1/t28-,37+;/m0./s1. The van der Waals surface area contributed by atoms with Crippen LogP contribution in [-0.4, -0.2) is 37.0 Å². The second kappa shape index (κ2) is 12.8. The zero-order valence-corrected chi connectivity index (χ0v) is 28.2. The number of methoxy groups -OCH3 is 2. The largest absolute Gasteiger partial charge is 1.00 e. The molecule has 1 aliphatic heterocycles. The molecule has 2 heterocycles. The average molecular weight is 681 g/mol. The average Bonchev–Trinajstić information content (AvgIpc) is 3.60. The van der Waals surface area contributed by atoms with Crippen LogP contribution in [-0.2, 0) is 24.3 Å². The maximum atomic E-state index is 14.1. The summed E-state index contributed by atoms with van der Waals surface area (Å²) in [4.78, 5) is 29.4. The Balaban J connectivity index is 0.00000372. The van der Waals surface area contributed by atoms with E-state index in [1.54, 1.807) is 38.5 Å². The van der Waals surface area contributed by atoms with E-state index >= 15 is 0 Å². The quantitative estimate of drug-likeness (QED) is 0.187. The SMILES string of the molecule is COc1ccc(C(=O)C[n+]2cn(CCC(=O)N3C[C@@H]4Cc5ccccc5[C@@H]4c4cccc(OC)c43)c3cc(C)c(C)cc32)cc1.[Br-]. The van der Waals surface area contributed by atoms with E-state index in [1.165, 1.54) is 16.7 Å². The summed E-state index contributed by atoms with van der Waals surface area (Å²) in [5.74, 6) is 2.12.